The van der Waals surface area contributed by atoms with Gasteiger partial charge in [0.05, 0.1) is 31.1 Å². The van der Waals surface area contributed by atoms with E-state index in [1.807, 2.05) is 47.5 Å². The molecule has 0 saturated carbocycles. The summed E-state index contributed by atoms with van der Waals surface area (Å²) < 4.78 is 5.32. The number of rotatable bonds is 5. The molecule has 0 bridgehead atoms. The molecule has 0 aliphatic carbocycles. The third-order valence-corrected chi connectivity index (χ3v) is 5.32. The second kappa shape index (κ2) is 8.82. The zero-order chi connectivity index (χ0) is 20.1. The van der Waals surface area contributed by atoms with Crippen LogP contribution in [0.5, 0.6) is 5.75 Å². The first-order chi connectivity index (χ1) is 14.2. The molecule has 4 rings (SSSR count). The van der Waals surface area contributed by atoms with Crippen molar-refractivity contribution in [3.8, 4) is 17.0 Å². The van der Waals surface area contributed by atoms with E-state index < -0.39 is 0 Å². The molecule has 6 nitrogen and oxygen atoms in total. The van der Waals surface area contributed by atoms with Crippen molar-refractivity contribution in [1.82, 2.24) is 19.9 Å². The van der Waals surface area contributed by atoms with Gasteiger partial charge in [-0.05, 0) is 42.7 Å². The van der Waals surface area contributed by atoms with Gasteiger partial charge in [-0.1, -0.05) is 12.1 Å². The first-order valence-electron chi connectivity index (χ1n) is 9.86. The third kappa shape index (κ3) is 4.59. The Labute approximate surface area is 170 Å². The van der Waals surface area contributed by atoms with Crippen LogP contribution in [-0.2, 0) is 11.2 Å². The maximum Gasteiger partial charge on any atom is 0.227 e. The molecule has 1 aliphatic heterocycles. The number of pyridine rings is 1. The Bertz CT molecular complexity index is 977. The number of ether oxygens (including phenoxy) is 1. The molecule has 1 saturated heterocycles. The SMILES string of the molecule is COc1cccc(-c2cncc([C@@H]3CCCN(C(=O)Cc4ccncc4)C3)n2)c1. The number of likely N-dealkylation sites (tertiary alicyclic amines) is 1. The monoisotopic (exact) mass is 388 g/mol. The highest BCUT2D eigenvalue weighted by Crippen LogP contribution is 2.28. The number of hydrogen-bond donors (Lipinski definition) is 0. The molecular formula is C23H24N4O2. The minimum absolute atomic E-state index is 0.151. The standard InChI is InChI=1S/C23H24N4O2/c1-29-20-6-2-4-18(13-20)21-14-25-15-22(26-21)19-5-3-11-27(16-19)23(28)12-17-7-9-24-10-8-17/h2,4,6-10,13-15,19H,3,5,11-12,16H2,1H3/t19-/m1/s1. The first kappa shape index (κ1) is 19.1. The summed E-state index contributed by atoms with van der Waals surface area (Å²) in [6.07, 6.45) is 9.43. The molecule has 1 aromatic carbocycles. The van der Waals surface area contributed by atoms with E-state index in [4.69, 9.17) is 9.72 Å². The normalized spacial score (nSPS) is 16.4. The molecule has 0 N–H and O–H groups in total. The lowest BCUT2D eigenvalue weighted by Gasteiger charge is -2.32. The average Bonchev–Trinajstić information content (AvgIpc) is 2.80. The number of benzene rings is 1. The molecule has 3 aromatic rings. The fourth-order valence-corrected chi connectivity index (χ4v) is 3.73. The number of amides is 1. The topological polar surface area (TPSA) is 68.2 Å². The van der Waals surface area contributed by atoms with E-state index in [1.165, 1.54) is 0 Å². The van der Waals surface area contributed by atoms with E-state index in [0.29, 0.717) is 13.0 Å². The predicted octanol–water partition coefficient (Wildman–Crippen LogP) is 3.50. The maximum atomic E-state index is 12.8. The van der Waals surface area contributed by atoms with Crippen LogP contribution in [0.3, 0.4) is 0 Å². The molecule has 1 atom stereocenters. The van der Waals surface area contributed by atoms with Gasteiger partial charge < -0.3 is 9.64 Å². The highest BCUT2D eigenvalue weighted by Gasteiger charge is 2.26. The molecule has 3 heterocycles. The summed E-state index contributed by atoms with van der Waals surface area (Å²) in [5.41, 5.74) is 3.72. The minimum Gasteiger partial charge on any atom is -0.497 e. The van der Waals surface area contributed by atoms with Crippen molar-refractivity contribution < 1.29 is 9.53 Å². The van der Waals surface area contributed by atoms with Crippen LogP contribution in [0, 0.1) is 0 Å². The highest BCUT2D eigenvalue weighted by atomic mass is 16.5. The highest BCUT2D eigenvalue weighted by molar-refractivity contribution is 5.79. The fourth-order valence-electron chi connectivity index (χ4n) is 3.73. The molecular weight excluding hydrogens is 364 g/mol. The number of nitrogens with zero attached hydrogens (tertiary/aromatic N) is 4. The lowest BCUT2D eigenvalue weighted by atomic mass is 9.94. The van der Waals surface area contributed by atoms with Gasteiger partial charge in [0, 0.05) is 43.2 Å². The Morgan fingerprint density at radius 2 is 2.03 bits per heavy atom. The van der Waals surface area contributed by atoms with Gasteiger partial charge >= 0.3 is 0 Å². The molecule has 0 radical (unpaired) electrons. The molecule has 1 amide bonds. The Hall–Kier alpha value is -3.28. The quantitative estimate of drug-likeness (QED) is 0.669. The van der Waals surface area contributed by atoms with E-state index in [0.717, 1.165) is 47.7 Å². The molecule has 2 aromatic heterocycles. The van der Waals surface area contributed by atoms with Crippen molar-refractivity contribution in [2.24, 2.45) is 0 Å². The number of piperidine rings is 1. The summed E-state index contributed by atoms with van der Waals surface area (Å²) in [7, 11) is 1.65. The number of carbonyl (C=O) groups excluding carboxylic acids is 1. The van der Waals surface area contributed by atoms with Gasteiger partial charge in [0.25, 0.3) is 0 Å². The molecule has 1 aliphatic rings. The second-order valence-electron chi connectivity index (χ2n) is 7.27. The van der Waals surface area contributed by atoms with Crippen LogP contribution in [0.2, 0.25) is 0 Å². The van der Waals surface area contributed by atoms with E-state index in [-0.39, 0.29) is 11.8 Å². The van der Waals surface area contributed by atoms with Crippen molar-refractivity contribution in [1.29, 1.82) is 0 Å². The van der Waals surface area contributed by atoms with Crippen molar-refractivity contribution in [3.05, 3.63) is 72.4 Å². The number of hydrogen-bond acceptors (Lipinski definition) is 5. The largest absolute Gasteiger partial charge is 0.497 e. The summed E-state index contributed by atoms with van der Waals surface area (Å²) in [4.78, 5) is 28.0. The Kier molecular flexibility index (Phi) is 5.79. The summed E-state index contributed by atoms with van der Waals surface area (Å²) >= 11 is 0. The summed E-state index contributed by atoms with van der Waals surface area (Å²) in [6.45, 7) is 1.48. The first-order valence-corrected chi connectivity index (χ1v) is 9.86. The van der Waals surface area contributed by atoms with Crippen LogP contribution in [0.1, 0.15) is 30.0 Å². The maximum absolute atomic E-state index is 12.8. The minimum atomic E-state index is 0.151. The van der Waals surface area contributed by atoms with Crippen LogP contribution in [0.25, 0.3) is 11.3 Å². The van der Waals surface area contributed by atoms with Crippen molar-refractivity contribution in [3.63, 3.8) is 0 Å². The Morgan fingerprint density at radius 3 is 2.86 bits per heavy atom. The van der Waals surface area contributed by atoms with Crippen LogP contribution >= 0.6 is 0 Å². The van der Waals surface area contributed by atoms with Gasteiger partial charge in [-0.3, -0.25) is 14.8 Å². The van der Waals surface area contributed by atoms with E-state index in [2.05, 4.69) is 9.97 Å². The third-order valence-electron chi connectivity index (χ3n) is 5.32. The van der Waals surface area contributed by atoms with E-state index in [1.54, 1.807) is 25.7 Å². The molecule has 0 spiro atoms. The van der Waals surface area contributed by atoms with E-state index in [9.17, 15) is 4.79 Å². The van der Waals surface area contributed by atoms with Crippen molar-refractivity contribution >= 4 is 5.91 Å². The smallest absolute Gasteiger partial charge is 0.227 e. The Balaban J connectivity index is 1.49. The molecule has 0 unspecified atom stereocenters. The Morgan fingerprint density at radius 1 is 1.17 bits per heavy atom. The zero-order valence-corrected chi connectivity index (χ0v) is 16.5. The molecule has 1 fully saturated rings. The number of carbonyl (C=O) groups is 1. The number of methoxy groups -OCH3 is 1. The van der Waals surface area contributed by atoms with Crippen LogP contribution in [0.15, 0.2) is 61.2 Å². The average molecular weight is 388 g/mol. The molecule has 148 valence electrons. The van der Waals surface area contributed by atoms with E-state index >= 15 is 0 Å². The fraction of sp³-hybridized carbons (Fsp3) is 0.304. The van der Waals surface area contributed by atoms with Crippen LogP contribution in [-0.4, -0.2) is 46.0 Å². The lowest BCUT2D eigenvalue weighted by Crippen LogP contribution is -2.40. The summed E-state index contributed by atoms with van der Waals surface area (Å²) in [5, 5.41) is 0. The van der Waals surface area contributed by atoms with Gasteiger partial charge in [0.15, 0.2) is 0 Å². The predicted molar refractivity (Wildman–Crippen MR) is 111 cm³/mol. The summed E-state index contributed by atoms with van der Waals surface area (Å²) in [6, 6.07) is 11.6. The zero-order valence-electron chi connectivity index (χ0n) is 16.5. The van der Waals surface area contributed by atoms with Gasteiger partial charge in [-0.2, -0.15) is 0 Å². The number of aromatic nitrogens is 3. The van der Waals surface area contributed by atoms with Gasteiger partial charge in [-0.25, -0.2) is 4.98 Å². The van der Waals surface area contributed by atoms with Crippen LogP contribution < -0.4 is 4.74 Å². The van der Waals surface area contributed by atoms with Crippen molar-refractivity contribution in [2.75, 3.05) is 20.2 Å². The summed E-state index contributed by atoms with van der Waals surface area (Å²) in [5.74, 6) is 1.14. The molecule has 29 heavy (non-hydrogen) atoms. The van der Waals surface area contributed by atoms with Gasteiger partial charge in [-0.15, -0.1) is 0 Å². The van der Waals surface area contributed by atoms with Crippen molar-refractivity contribution in [2.45, 2.75) is 25.2 Å². The molecule has 6 heteroatoms. The van der Waals surface area contributed by atoms with Gasteiger partial charge in [0.1, 0.15) is 5.75 Å². The van der Waals surface area contributed by atoms with Crippen LogP contribution in [0.4, 0.5) is 0 Å². The van der Waals surface area contributed by atoms with Gasteiger partial charge in [0.2, 0.25) is 5.91 Å². The second-order valence-corrected chi connectivity index (χ2v) is 7.27. The lowest BCUT2D eigenvalue weighted by molar-refractivity contribution is -0.131.